The average molecular weight is 286 g/mol. The first-order chi connectivity index (χ1) is 10.1. The Hall–Kier alpha value is -2.07. The van der Waals surface area contributed by atoms with Gasteiger partial charge in [0.25, 0.3) is 5.91 Å². The van der Waals surface area contributed by atoms with Gasteiger partial charge >= 0.3 is 0 Å². The molecule has 0 spiro atoms. The quantitative estimate of drug-likeness (QED) is 0.858. The molecule has 0 aliphatic rings. The summed E-state index contributed by atoms with van der Waals surface area (Å²) >= 11 is 0. The minimum absolute atomic E-state index is 0.00767. The lowest BCUT2D eigenvalue weighted by atomic mass is 10.0. The fraction of sp³-hybridized carbons (Fsp3) is 0.353. The molecule has 0 aromatic heterocycles. The van der Waals surface area contributed by atoms with Gasteiger partial charge in [-0.25, -0.2) is 0 Å². The average Bonchev–Trinajstić information content (AvgIpc) is 2.50. The second-order valence-electron chi connectivity index (χ2n) is 5.13. The van der Waals surface area contributed by atoms with Gasteiger partial charge < -0.3 is 15.8 Å². The molecular formula is C17H22N2O2. The number of benzene rings is 2. The van der Waals surface area contributed by atoms with Gasteiger partial charge in [0.15, 0.2) is 6.61 Å². The third-order valence-corrected chi connectivity index (χ3v) is 3.32. The van der Waals surface area contributed by atoms with E-state index in [0.29, 0.717) is 12.3 Å². The maximum atomic E-state index is 11.7. The number of carbonyl (C=O) groups is 1. The minimum atomic E-state index is -0.150. The summed E-state index contributed by atoms with van der Waals surface area (Å²) in [5, 5.41) is 4.86. The zero-order valence-electron chi connectivity index (χ0n) is 12.6. The summed E-state index contributed by atoms with van der Waals surface area (Å²) in [4.78, 5) is 11.7. The van der Waals surface area contributed by atoms with Crippen LogP contribution < -0.4 is 15.8 Å². The van der Waals surface area contributed by atoms with Gasteiger partial charge in [-0.2, -0.15) is 0 Å². The van der Waals surface area contributed by atoms with Crippen molar-refractivity contribution in [2.75, 3.05) is 13.2 Å². The third-order valence-electron chi connectivity index (χ3n) is 3.32. The molecule has 0 heterocycles. The van der Waals surface area contributed by atoms with E-state index in [0.717, 1.165) is 22.8 Å². The molecule has 0 saturated carbocycles. The van der Waals surface area contributed by atoms with Crippen LogP contribution in [0.5, 0.6) is 5.75 Å². The van der Waals surface area contributed by atoms with E-state index >= 15 is 0 Å². The molecule has 0 saturated heterocycles. The highest BCUT2D eigenvalue weighted by molar-refractivity contribution is 5.90. The lowest BCUT2D eigenvalue weighted by Crippen LogP contribution is -2.29. The van der Waals surface area contributed by atoms with Crippen LogP contribution in [0.25, 0.3) is 10.8 Å². The Kier molecular flexibility index (Phi) is 5.17. The minimum Gasteiger partial charge on any atom is -0.483 e. The summed E-state index contributed by atoms with van der Waals surface area (Å²) in [6, 6.07) is 11.8. The van der Waals surface area contributed by atoms with E-state index in [1.165, 1.54) is 0 Å². The van der Waals surface area contributed by atoms with Gasteiger partial charge in [-0.15, -0.1) is 0 Å². The van der Waals surface area contributed by atoms with Crippen LogP contribution in [0, 0.1) is 0 Å². The number of nitrogens with two attached hydrogens (primary N) is 1. The number of amides is 1. The molecule has 0 bridgehead atoms. The zero-order valence-corrected chi connectivity index (χ0v) is 12.6. The first-order valence-corrected chi connectivity index (χ1v) is 7.30. The molecule has 4 nitrogen and oxygen atoms in total. The summed E-state index contributed by atoms with van der Waals surface area (Å²) in [7, 11) is 0. The van der Waals surface area contributed by atoms with E-state index in [2.05, 4.69) is 5.32 Å². The molecule has 1 unspecified atom stereocenters. The van der Waals surface area contributed by atoms with Crippen LogP contribution in [0.2, 0.25) is 0 Å². The van der Waals surface area contributed by atoms with Crippen LogP contribution in [-0.2, 0) is 4.79 Å². The number of rotatable bonds is 6. The summed E-state index contributed by atoms with van der Waals surface area (Å²) in [6.07, 6.45) is 0.908. The van der Waals surface area contributed by atoms with E-state index in [-0.39, 0.29) is 18.6 Å². The normalized spacial score (nSPS) is 12.1. The Balaban J connectivity index is 2.27. The lowest BCUT2D eigenvalue weighted by Gasteiger charge is -2.16. The van der Waals surface area contributed by atoms with Crippen molar-refractivity contribution >= 4 is 16.7 Å². The number of carbonyl (C=O) groups excluding carboxylic acids is 1. The number of hydrogen-bond acceptors (Lipinski definition) is 3. The molecule has 2 rings (SSSR count). The first kappa shape index (κ1) is 15.3. The maximum Gasteiger partial charge on any atom is 0.257 e. The Labute approximate surface area is 125 Å². The molecule has 112 valence electrons. The number of hydrogen-bond donors (Lipinski definition) is 2. The lowest BCUT2D eigenvalue weighted by molar-refractivity contribution is -0.123. The largest absolute Gasteiger partial charge is 0.483 e. The van der Waals surface area contributed by atoms with Gasteiger partial charge in [0.1, 0.15) is 5.75 Å². The highest BCUT2D eigenvalue weighted by Gasteiger charge is 2.13. The fourth-order valence-corrected chi connectivity index (χ4v) is 2.23. The van der Waals surface area contributed by atoms with Gasteiger partial charge in [-0.1, -0.05) is 43.3 Å². The molecule has 1 amide bonds. The van der Waals surface area contributed by atoms with E-state index in [1.54, 1.807) is 0 Å². The van der Waals surface area contributed by atoms with Crippen LogP contribution >= 0.6 is 0 Å². The van der Waals surface area contributed by atoms with Gasteiger partial charge in [-0.05, 0) is 18.7 Å². The van der Waals surface area contributed by atoms with E-state index in [9.17, 15) is 4.79 Å². The Bertz CT molecular complexity index is 623. The van der Waals surface area contributed by atoms with Gasteiger partial charge in [0.2, 0.25) is 0 Å². The van der Waals surface area contributed by atoms with Crippen molar-refractivity contribution < 1.29 is 9.53 Å². The molecule has 21 heavy (non-hydrogen) atoms. The van der Waals surface area contributed by atoms with E-state index in [1.807, 2.05) is 50.2 Å². The molecule has 2 aromatic rings. The number of fused-ring (bicyclic) bond motifs is 1. The summed E-state index contributed by atoms with van der Waals surface area (Å²) in [5.74, 6) is 0.593. The van der Waals surface area contributed by atoms with Gasteiger partial charge in [0.05, 0.1) is 0 Å². The van der Waals surface area contributed by atoms with E-state index < -0.39 is 0 Å². The topological polar surface area (TPSA) is 64.3 Å². The SMILES string of the molecule is CCCNC(=O)COc1c(C(C)N)ccc2ccccc12. The first-order valence-electron chi connectivity index (χ1n) is 7.30. The van der Waals surface area contributed by atoms with Crippen LogP contribution in [-0.4, -0.2) is 19.1 Å². The van der Waals surface area contributed by atoms with Crippen molar-refractivity contribution in [1.82, 2.24) is 5.32 Å². The van der Waals surface area contributed by atoms with Crippen LogP contribution in [0.3, 0.4) is 0 Å². The predicted octanol–water partition coefficient (Wildman–Crippen LogP) is 2.76. The van der Waals surface area contributed by atoms with Gasteiger partial charge in [-0.3, -0.25) is 4.79 Å². The highest BCUT2D eigenvalue weighted by Crippen LogP contribution is 2.32. The number of ether oxygens (including phenoxy) is 1. The summed E-state index contributed by atoms with van der Waals surface area (Å²) in [6.45, 7) is 4.60. The van der Waals surface area contributed by atoms with Crippen molar-refractivity contribution in [2.24, 2.45) is 5.73 Å². The van der Waals surface area contributed by atoms with E-state index in [4.69, 9.17) is 10.5 Å². The standard InChI is InChI=1S/C17H22N2O2/c1-3-10-19-16(20)11-21-17-14(12(2)18)9-8-13-6-4-5-7-15(13)17/h4-9,12H,3,10-11,18H2,1-2H3,(H,19,20). The summed E-state index contributed by atoms with van der Waals surface area (Å²) in [5.41, 5.74) is 6.93. The molecule has 4 heteroatoms. The van der Waals surface area contributed by atoms with Crippen LogP contribution in [0.15, 0.2) is 36.4 Å². The Morgan fingerprint density at radius 2 is 2.05 bits per heavy atom. The second-order valence-corrected chi connectivity index (χ2v) is 5.13. The van der Waals surface area contributed by atoms with Crippen molar-refractivity contribution in [3.8, 4) is 5.75 Å². The monoisotopic (exact) mass is 286 g/mol. The van der Waals surface area contributed by atoms with Crippen molar-refractivity contribution in [2.45, 2.75) is 26.3 Å². The van der Waals surface area contributed by atoms with Crippen LogP contribution in [0.1, 0.15) is 31.9 Å². The summed E-state index contributed by atoms with van der Waals surface area (Å²) < 4.78 is 5.78. The molecule has 0 aliphatic carbocycles. The maximum absolute atomic E-state index is 11.7. The molecule has 3 N–H and O–H groups in total. The van der Waals surface area contributed by atoms with Crippen molar-refractivity contribution in [1.29, 1.82) is 0 Å². The predicted molar refractivity (Wildman–Crippen MR) is 85.3 cm³/mol. The van der Waals surface area contributed by atoms with Crippen LogP contribution in [0.4, 0.5) is 0 Å². The number of nitrogens with one attached hydrogen (secondary N) is 1. The Morgan fingerprint density at radius 3 is 2.76 bits per heavy atom. The van der Waals surface area contributed by atoms with Gasteiger partial charge in [0, 0.05) is 23.5 Å². The second kappa shape index (κ2) is 7.09. The molecule has 2 aromatic carbocycles. The molecule has 0 fully saturated rings. The third kappa shape index (κ3) is 3.73. The molecule has 1 atom stereocenters. The Morgan fingerprint density at radius 1 is 1.29 bits per heavy atom. The highest BCUT2D eigenvalue weighted by atomic mass is 16.5. The zero-order chi connectivity index (χ0) is 15.2. The molecular weight excluding hydrogens is 264 g/mol. The fourth-order valence-electron chi connectivity index (χ4n) is 2.23. The van der Waals surface area contributed by atoms with Crippen molar-refractivity contribution in [3.63, 3.8) is 0 Å². The molecule has 0 radical (unpaired) electrons. The molecule has 0 aliphatic heterocycles. The van der Waals surface area contributed by atoms with Crippen molar-refractivity contribution in [3.05, 3.63) is 42.0 Å². The smallest absolute Gasteiger partial charge is 0.257 e.